The summed E-state index contributed by atoms with van der Waals surface area (Å²) in [6, 6.07) is 0. The van der Waals surface area contributed by atoms with Gasteiger partial charge in [-0.05, 0) is 26.2 Å². The average molecular weight is 241 g/mol. The second kappa shape index (κ2) is 7.87. The van der Waals surface area contributed by atoms with Crippen molar-refractivity contribution in [3.8, 4) is 0 Å². The lowest BCUT2D eigenvalue weighted by atomic mass is 10.1. The summed E-state index contributed by atoms with van der Waals surface area (Å²) in [6.45, 7) is 8.78. The number of aliphatic carboxylic acids is 1. The van der Waals surface area contributed by atoms with Gasteiger partial charge in [-0.15, -0.1) is 0 Å². The summed E-state index contributed by atoms with van der Waals surface area (Å²) in [5.41, 5.74) is 0.930. The molecule has 0 bridgehead atoms. The molecule has 0 unspecified atom stereocenters. The second-order valence-corrected chi connectivity index (χ2v) is 4.87. The van der Waals surface area contributed by atoms with E-state index >= 15 is 0 Å². The van der Waals surface area contributed by atoms with E-state index in [1.54, 1.807) is 11.0 Å². The van der Waals surface area contributed by atoms with Crippen LogP contribution in [0.5, 0.6) is 0 Å². The molecule has 0 aromatic rings. The smallest absolute Gasteiger partial charge is 0.305 e. The summed E-state index contributed by atoms with van der Waals surface area (Å²) >= 11 is 0. The van der Waals surface area contributed by atoms with Crippen LogP contribution in [0.15, 0.2) is 11.6 Å². The minimum atomic E-state index is -0.871. The van der Waals surface area contributed by atoms with Crippen LogP contribution >= 0.6 is 0 Å². The van der Waals surface area contributed by atoms with Crippen molar-refractivity contribution in [2.24, 2.45) is 5.92 Å². The van der Waals surface area contributed by atoms with E-state index in [-0.39, 0.29) is 18.9 Å². The first-order valence-corrected chi connectivity index (χ1v) is 5.98. The van der Waals surface area contributed by atoms with Gasteiger partial charge in [-0.2, -0.15) is 0 Å². The predicted molar refractivity (Wildman–Crippen MR) is 67.7 cm³/mol. The van der Waals surface area contributed by atoms with Crippen molar-refractivity contribution in [3.05, 3.63) is 11.6 Å². The lowest BCUT2D eigenvalue weighted by molar-refractivity contribution is -0.138. The van der Waals surface area contributed by atoms with Gasteiger partial charge in [0.2, 0.25) is 5.91 Å². The number of rotatable bonds is 7. The number of carboxylic acid groups (broad SMARTS) is 1. The summed E-state index contributed by atoms with van der Waals surface area (Å²) in [5, 5.41) is 8.65. The first-order valence-electron chi connectivity index (χ1n) is 5.98. The van der Waals surface area contributed by atoms with Gasteiger partial charge in [0, 0.05) is 19.2 Å². The summed E-state index contributed by atoms with van der Waals surface area (Å²) < 4.78 is 0. The highest BCUT2D eigenvalue weighted by Gasteiger charge is 2.13. The highest BCUT2D eigenvalue weighted by Crippen LogP contribution is 2.05. The number of amides is 1. The van der Waals surface area contributed by atoms with E-state index in [2.05, 4.69) is 13.8 Å². The van der Waals surface area contributed by atoms with Gasteiger partial charge in [-0.1, -0.05) is 19.4 Å². The summed E-state index contributed by atoms with van der Waals surface area (Å²) in [4.78, 5) is 24.0. The monoisotopic (exact) mass is 241 g/mol. The molecule has 0 fully saturated rings. The molecule has 0 aliphatic rings. The van der Waals surface area contributed by atoms with Crippen LogP contribution in [-0.4, -0.2) is 35.0 Å². The van der Waals surface area contributed by atoms with Gasteiger partial charge in [0.1, 0.15) is 0 Å². The van der Waals surface area contributed by atoms with Crippen molar-refractivity contribution < 1.29 is 14.7 Å². The first kappa shape index (κ1) is 15.7. The first-order chi connectivity index (χ1) is 7.82. The Labute approximate surface area is 103 Å². The van der Waals surface area contributed by atoms with Gasteiger partial charge >= 0.3 is 5.97 Å². The Kier molecular flexibility index (Phi) is 7.26. The third kappa shape index (κ3) is 8.48. The third-order valence-electron chi connectivity index (χ3n) is 2.30. The molecule has 0 rings (SSSR count). The SMILES string of the molecule is CC(C)=CC(=O)N(CCC(=O)O)CCC(C)C. The number of carboxylic acids is 1. The quantitative estimate of drug-likeness (QED) is 0.696. The van der Waals surface area contributed by atoms with Crippen molar-refractivity contribution in [3.63, 3.8) is 0 Å². The van der Waals surface area contributed by atoms with E-state index in [1.807, 2.05) is 13.8 Å². The van der Waals surface area contributed by atoms with Gasteiger partial charge in [0.05, 0.1) is 6.42 Å². The third-order valence-corrected chi connectivity index (χ3v) is 2.30. The van der Waals surface area contributed by atoms with Crippen LogP contribution < -0.4 is 0 Å². The fourth-order valence-electron chi connectivity index (χ4n) is 1.32. The number of carbonyl (C=O) groups is 2. The molecule has 4 nitrogen and oxygen atoms in total. The molecule has 0 heterocycles. The summed E-state index contributed by atoms with van der Waals surface area (Å²) in [5.74, 6) is -0.460. The van der Waals surface area contributed by atoms with Crippen LogP contribution in [-0.2, 0) is 9.59 Å². The fraction of sp³-hybridized carbons (Fsp3) is 0.692. The van der Waals surface area contributed by atoms with Crippen molar-refractivity contribution in [1.29, 1.82) is 0 Å². The van der Waals surface area contributed by atoms with Gasteiger partial charge < -0.3 is 10.0 Å². The molecule has 0 aliphatic heterocycles. The molecule has 1 amide bonds. The second-order valence-electron chi connectivity index (χ2n) is 4.87. The van der Waals surface area contributed by atoms with Crippen LogP contribution in [0.3, 0.4) is 0 Å². The Morgan fingerprint density at radius 3 is 2.24 bits per heavy atom. The van der Waals surface area contributed by atoms with E-state index in [4.69, 9.17) is 5.11 Å². The Balaban J connectivity index is 4.43. The zero-order chi connectivity index (χ0) is 13.4. The van der Waals surface area contributed by atoms with Crippen LogP contribution in [0.25, 0.3) is 0 Å². The molecule has 0 aliphatic carbocycles. The number of hydrogen-bond acceptors (Lipinski definition) is 2. The normalized spacial score (nSPS) is 10.2. The molecule has 1 N–H and O–H groups in total. The van der Waals surface area contributed by atoms with Crippen molar-refractivity contribution in [2.75, 3.05) is 13.1 Å². The molecule has 98 valence electrons. The van der Waals surface area contributed by atoms with Crippen LogP contribution in [0.2, 0.25) is 0 Å². The van der Waals surface area contributed by atoms with Crippen molar-refractivity contribution in [2.45, 2.75) is 40.5 Å². The molecule has 0 aromatic heterocycles. The maximum Gasteiger partial charge on any atom is 0.305 e. The highest BCUT2D eigenvalue weighted by molar-refractivity contribution is 5.88. The molecule has 0 saturated heterocycles. The van der Waals surface area contributed by atoms with E-state index < -0.39 is 5.97 Å². The molecule has 17 heavy (non-hydrogen) atoms. The number of allylic oxidation sites excluding steroid dienone is 1. The highest BCUT2D eigenvalue weighted by atomic mass is 16.4. The van der Waals surface area contributed by atoms with Gasteiger partial charge in [-0.25, -0.2) is 0 Å². The Morgan fingerprint density at radius 1 is 1.24 bits per heavy atom. The molecule has 4 heteroatoms. The Hall–Kier alpha value is -1.32. The Bertz CT molecular complexity index is 291. The molecular formula is C13H23NO3. The lowest BCUT2D eigenvalue weighted by Crippen LogP contribution is -2.33. The predicted octanol–water partition coefficient (Wildman–Crippen LogP) is 2.30. The maximum atomic E-state index is 11.8. The molecular weight excluding hydrogens is 218 g/mol. The molecule has 0 aromatic carbocycles. The van der Waals surface area contributed by atoms with Gasteiger partial charge in [0.15, 0.2) is 0 Å². The Morgan fingerprint density at radius 2 is 1.82 bits per heavy atom. The number of hydrogen-bond donors (Lipinski definition) is 1. The van der Waals surface area contributed by atoms with Gasteiger partial charge in [-0.3, -0.25) is 9.59 Å². The number of carbonyl (C=O) groups excluding carboxylic acids is 1. The number of nitrogens with zero attached hydrogens (tertiary/aromatic N) is 1. The molecule has 0 saturated carbocycles. The topological polar surface area (TPSA) is 57.6 Å². The van der Waals surface area contributed by atoms with Gasteiger partial charge in [0.25, 0.3) is 0 Å². The zero-order valence-electron chi connectivity index (χ0n) is 11.2. The van der Waals surface area contributed by atoms with E-state index in [1.165, 1.54) is 0 Å². The average Bonchev–Trinajstić information content (AvgIpc) is 2.15. The molecule has 0 spiro atoms. The zero-order valence-corrected chi connectivity index (χ0v) is 11.2. The molecule has 0 radical (unpaired) electrons. The lowest BCUT2D eigenvalue weighted by Gasteiger charge is -2.21. The summed E-state index contributed by atoms with van der Waals surface area (Å²) in [6.07, 6.45) is 2.45. The van der Waals surface area contributed by atoms with Crippen LogP contribution in [0, 0.1) is 5.92 Å². The van der Waals surface area contributed by atoms with E-state index in [0.29, 0.717) is 12.5 Å². The van der Waals surface area contributed by atoms with Crippen molar-refractivity contribution >= 4 is 11.9 Å². The van der Waals surface area contributed by atoms with E-state index in [0.717, 1.165) is 12.0 Å². The van der Waals surface area contributed by atoms with E-state index in [9.17, 15) is 9.59 Å². The fourth-order valence-corrected chi connectivity index (χ4v) is 1.32. The largest absolute Gasteiger partial charge is 0.481 e. The minimum absolute atomic E-state index is 0.000434. The van der Waals surface area contributed by atoms with Crippen LogP contribution in [0.1, 0.15) is 40.5 Å². The standard InChI is InChI=1S/C13H23NO3/c1-10(2)5-7-14(8-6-13(16)17)12(15)9-11(3)4/h9-10H,5-8H2,1-4H3,(H,16,17). The summed E-state index contributed by atoms with van der Waals surface area (Å²) in [7, 11) is 0. The van der Waals surface area contributed by atoms with Crippen molar-refractivity contribution in [1.82, 2.24) is 4.90 Å². The maximum absolute atomic E-state index is 11.8. The minimum Gasteiger partial charge on any atom is -0.481 e. The molecule has 0 atom stereocenters. The van der Waals surface area contributed by atoms with Crippen LogP contribution in [0.4, 0.5) is 0 Å².